The van der Waals surface area contributed by atoms with E-state index in [4.69, 9.17) is 15.0 Å². The zero-order valence-corrected chi connectivity index (χ0v) is 16.4. The van der Waals surface area contributed by atoms with Gasteiger partial charge in [0.1, 0.15) is 0 Å². The summed E-state index contributed by atoms with van der Waals surface area (Å²) >= 11 is 0. The highest BCUT2D eigenvalue weighted by Crippen LogP contribution is 2.36. The van der Waals surface area contributed by atoms with Crippen molar-refractivity contribution in [2.24, 2.45) is 5.73 Å². The zero-order valence-electron chi connectivity index (χ0n) is 14.8. The van der Waals surface area contributed by atoms with Crippen LogP contribution in [0.5, 0.6) is 0 Å². The lowest BCUT2D eigenvalue weighted by molar-refractivity contribution is 0.00578. The van der Waals surface area contributed by atoms with Gasteiger partial charge in [-0.1, -0.05) is 11.6 Å². The van der Waals surface area contributed by atoms with Crippen LogP contribution in [-0.2, 0) is 19.3 Å². The average Bonchev–Trinajstić information content (AvgIpc) is 2.65. The van der Waals surface area contributed by atoms with E-state index in [1.54, 1.807) is 12.1 Å². The Morgan fingerprint density at radius 3 is 2.17 bits per heavy atom. The number of nitrogens with one attached hydrogen (secondary N) is 1. The first-order valence-electron chi connectivity index (χ1n) is 7.65. The summed E-state index contributed by atoms with van der Waals surface area (Å²) in [4.78, 5) is 0.190. The minimum atomic E-state index is -3.60. The lowest BCUT2D eigenvalue weighted by atomic mass is 9.78. The molecule has 0 amide bonds. The highest BCUT2D eigenvalue weighted by molar-refractivity contribution is 7.89. The zero-order chi connectivity index (χ0) is 17.5. The van der Waals surface area contributed by atoms with Crippen molar-refractivity contribution in [2.45, 2.75) is 50.7 Å². The molecule has 0 aromatic heterocycles. The lowest BCUT2D eigenvalue weighted by Gasteiger charge is -2.32. The highest BCUT2D eigenvalue weighted by Gasteiger charge is 2.51. The molecule has 2 rings (SSSR count). The standard InChI is InChI=1S/C15H25BN2O4S.ClH/c1-11-8-12(16-21-14(2,3)15(4,5)22-16)10-13(9-11)23(19,20)18-7-6-17;/h8-10,18H,6-7,17H2,1-5H3;1H. The fourth-order valence-corrected chi connectivity index (χ4v) is 3.51. The molecule has 1 fully saturated rings. The van der Waals surface area contributed by atoms with Gasteiger partial charge < -0.3 is 15.0 Å². The van der Waals surface area contributed by atoms with Crippen LogP contribution >= 0.6 is 12.4 Å². The average molecular weight is 377 g/mol. The molecule has 0 saturated carbocycles. The van der Waals surface area contributed by atoms with Gasteiger partial charge in [-0.3, -0.25) is 0 Å². The van der Waals surface area contributed by atoms with Crippen LogP contribution in [0.15, 0.2) is 23.1 Å². The van der Waals surface area contributed by atoms with Gasteiger partial charge in [-0.15, -0.1) is 12.4 Å². The number of hydrogen-bond acceptors (Lipinski definition) is 5. The van der Waals surface area contributed by atoms with E-state index in [2.05, 4.69) is 4.72 Å². The number of aryl methyl sites for hydroxylation is 1. The van der Waals surface area contributed by atoms with Crippen molar-refractivity contribution in [3.8, 4) is 0 Å². The molecule has 0 atom stereocenters. The van der Waals surface area contributed by atoms with E-state index in [1.807, 2.05) is 40.7 Å². The molecule has 1 aromatic carbocycles. The third kappa shape index (κ3) is 4.31. The summed E-state index contributed by atoms with van der Waals surface area (Å²) in [5.41, 5.74) is 5.93. The molecule has 6 nitrogen and oxygen atoms in total. The second-order valence-corrected chi connectivity index (χ2v) is 8.62. The molecule has 0 unspecified atom stereocenters. The SMILES string of the molecule is Cc1cc(B2OC(C)(C)C(C)(C)O2)cc(S(=O)(=O)NCCN)c1.Cl. The van der Waals surface area contributed by atoms with E-state index in [0.29, 0.717) is 5.46 Å². The normalized spacial score (nSPS) is 19.2. The number of benzene rings is 1. The topological polar surface area (TPSA) is 90.6 Å². The van der Waals surface area contributed by atoms with Crippen molar-refractivity contribution < 1.29 is 17.7 Å². The Bertz CT molecular complexity index is 679. The van der Waals surface area contributed by atoms with Crippen LogP contribution in [0, 0.1) is 6.92 Å². The Labute approximate surface area is 151 Å². The summed E-state index contributed by atoms with van der Waals surface area (Å²) in [5.74, 6) is 0. The first-order valence-corrected chi connectivity index (χ1v) is 9.14. The molecule has 1 heterocycles. The lowest BCUT2D eigenvalue weighted by Crippen LogP contribution is -2.41. The molecule has 9 heteroatoms. The quantitative estimate of drug-likeness (QED) is 0.747. The van der Waals surface area contributed by atoms with Gasteiger partial charge in [0.2, 0.25) is 10.0 Å². The van der Waals surface area contributed by atoms with Crippen molar-refractivity contribution in [1.29, 1.82) is 0 Å². The van der Waals surface area contributed by atoms with E-state index in [9.17, 15) is 8.42 Å². The minimum Gasteiger partial charge on any atom is -0.399 e. The van der Waals surface area contributed by atoms with Crippen LogP contribution in [0.3, 0.4) is 0 Å². The molecule has 1 saturated heterocycles. The third-order valence-corrected chi connectivity index (χ3v) is 5.79. The highest BCUT2D eigenvalue weighted by atomic mass is 35.5. The van der Waals surface area contributed by atoms with Gasteiger partial charge in [-0.2, -0.15) is 0 Å². The molecule has 1 aromatic rings. The second kappa shape index (κ2) is 7.31. The number of sulfonamides is 1. The molecule has 24 heavy (non-hydrogen) atoms. The van der Waals surface area contributed by atoms with Crippen molar-refractivity contribution in [3.63, 3.8) is 0 Å². The number of halogens is 1. The molecular formula is C15H26BClN2O4S. The fourth-order valence-electron chi connectivity index (χ4n) is 2.32. The minimum absolute atomic E-state index is 0. The molecule has 136 valence electrons. The third-order valence-electron chi connectivity index (χ3n) is 4.35. The molecule has 1 aliphatic heterocycles. The molecule has 0 aliphatic carbocycles. The van der Waals surface area contributed by atoms with E-state index in [0.717, 1.165) is 5.56 Å². The van der Waals surface area contributed by atoms with Gasteiger partial charge >= 0.3 is 7.12 Å². The van der Waals surface area contributed by atoms with E-state index in [1.165, 1.54) is 0 Å². The van der Waals surface area contributed by atoms with Crippen molar-refractivity contribution >= 4 is 35.0 Å². The summed E-state index contributed by atoms with van der Waals surface area (Å²) in [6, 6.07) is 5.09. The molecule has 0 radical (unpaired) electrons. The molecule has 0 spiro atoms. The predicted octanol–water partition coefficient (Wildman–Crippen LogP) is 0.953. The molecule has 3 N–H and O–H groups in total. The Kier molecular flexibility index (Phi) is 6.52. The Hall–Kier alpha value is -0.635. The predicted molar refractivity (Wildman–Crippen MR) is 98.4 cm³/mol. The van der Waals surface area contributed by atoms with Gasteiger partial charge in [0, 0.05) is 13.1 Å². The van der Waals surface area contributed by atoms with Crippen LogP contribution in [-0.4, -0.2) is 39.8 Å². The maximum Gasteiger partial charge on any atom is 0.494 e. The Morgan fingerprint density at radius 2 is 1.67 bits per heavy atom. The van der Waals surface area contributed by atoms with Crippen LogP contribution in [0.2, 0.25) is 0 Å². The summed E-state index contributed by atoms with van der Waals surface area (Å²) in [7, 11) is -4.19. The van der Waals surface area contributed by atoms with Crippen LogP contribution in [0.25, 0.3) is 0 Å². The number of hydrogen-bond donors (Lipinski definition) is 2. The van der Waals surface area contributed by atoms with E-state index >= 15 is 0 Å². The summed E-state index contributed by atoms with van der Waals surface area (Å²) in [6.45, 7) is 10.1. The first kappa shape index (κ1) is 21.4. The summed E-state index contributed by atoms with van der Waals surface area (Å²) < 4.78 is 39.1. The molecular weight excluding hydrogens is 351 g/mol. The van der Waals surface area contributed by atoms with Crippen LogP contribution < -0.4 is 15.9 Å². The van der Waals surface area contributed by atoms with Gasteiger partial charge in [0.15, 0.2) is 0 Å². The summed E-state index contributed by atoms with van der Waals surface area (Å²) in [5, 5.41) is 0. The van der Waals surface area contributed by atoms with Gasteiger partial charge in [-0.25, -0.2) is 13.1 Å². The smallest absolute Gasteiger partial charge is 0.399 e. The Morgan fingerprint density at radius 1 is 1.12 bits per heavy atom. The fraction of sp³-hybridized carbons (Fsp3) is 0.600. The van der Waals surface area contributed by atoms with Crippen LogP contribution in [0.1, 0.15) is 33.3 Å². The molecule has 1 aliphatic rings. The van der Waals surface area contributed by atoms with Crippen LogP contribution in [0.4, 0.5) is 0 Å². The molecule has 0 bridgehead atoms. The largest absolute Gasteiger partial charge is 0.494 e. The second-order valence-electron chi connectivity index (χ2n) is 6.85. The summed E-state index contributed by atoms with van der Waals surface area (Å²) in [6.07, 6.45) is 0. The Balaban J connectivity index is 0.00000288. The maximum atomic E-state index is 12.3. The van der Waals surface area contributed by atoms with Crippen molar-refractivity contribution in [2.75, 3.05) is 13.1 Å². The number of nitrogens with two attached hydrogens (primary N) is 1. The monoisotopic (exact) mass is 376 g/mol. The van der Waals surface area contributed by atoms with Crippen molar-refractivity contribution in [3.05, 3.63) is 23.8 Å². The van der Waals surface area contributed by atoms with Gasteiger partial charge in [0.05, 0.1) is 16.1 Å². The first-order chi connectivity index (χ1) is 10.5. The van der Waals surface area contributed by atoms with Gasteiger partial charge in [-0.05, 0) is 52.2 Å². The van der Waals surface area contributed by atoms with Crippen molar-refractivity contribution in [1.82, 2.24) is 4.72 Å². The number of rotatable bonds is 5. The maximum absolute atomic E-state index is 12.3. The van der Waals surface area contributed by atoms with Gasteiger partial charge in [0.25, 0.3) is 0 Å². The van der Waals surface area contributed by atoms with E-state index < -0.39 is 28.3 Å². The van der Waals surface area contributed by atoms with E-state index in [-0.39, 0.29) is 30.4 Å².